The Labute approximate surface area is 130 Å². The van der Waals surface area contributed by atoms with Crippen molar-refractivity contribution < 1.29 is 9.31 Å². The molecule has 4 rings (SSSR count). The summed E-state index contributed by atoms with van der Waals surface area (Å²) in [4.78, 5) is 16.5. The van der Waals surface area contributed by atoms with Gasteiger partial charge in [-0.15, -0.1) is 0 Å². The molecule has 0 aliphatic heterocycles. The number of benzene rings is 2. The minimum Gasteiger partial charge on any atom is -0.331 e. The van der Waals surface area contributed by atoms with Crippen LogP contribution in [0.15, 0.2) is 66.9 Å². The van der Waals surface area contributed by atoms with Gasteiger partial charge in [-0.2, -0.15) is 4.39 Å². The lowest BCUT2D eigenvalue weighted by atomic mass is 10.2. The van der Waals surface area contributed by atoms with Crippen LogP contribution in [-0.4, -0.2) is 14.9 Å². The first-order valence-electron chi connectivity index (χ1n) is 6.86. The zero-order chi connectivity index (χ0) is 16.2. The number of halogens is 1. The van der Waals surface area contributed by atoms with Crippen LogP contribution in [0.1, 0.15) is 0 Å². The third-order valence-corrected chi connectivity index (χ3v) is 3.29. The van der Waals surface area contributed by atoms with E-state index in [9.17, 15) is 14.5 Å². The minimum absolute atomic E-state index is 0.0356. The molecule has 0 unspecified atom stereocenters. The third-order valence-electron chi connectivity index (χ3n) is 3.29. The minimum atomic E-state index is -0.510. The molecule has 0 aliphatic rings. The van der Waals surface area contributed by atoms with Crippen molar-refractivity contribution in [3.05, 3.63) is 82.9 Å². The number of hydrogen-bond donors (Lipinski definition) is 1. The second-order valence-electron chi connectivity index (χ2n) is 4.84. The number of aromatic amines is 1. The van der Waals surface area contributed by atoms with E-state index in [4.69, 9.17) is 0 Å². The molecule has 2 aromatic heterocycles. The number of aromatic nitrogens is 2. The molecule has 0 radical (unpaired) electrons. The van der Waals surface area contributed by atoms with E-state index < -0.39 is 10.9 Å². The molecule has 0 spiro atoms. The summed E-state index contributed by atoms with van der Waals surface area (Å²) in [6.07, 6.45) is 1.81. The largest absolute Gasteiger partial charge is 0.331 e. The number of para-hydroxylation sites is 1. The summed E-state index contributed by atoms with van der Waals surface area (Å²) < 4.78 is 12.6. The van der Waals surface area contributed by atoms with Crippen LogP contribution in [-0.2, 0) is 0 Å². The first kappa shape index (κ1) is 14.6. The Hall–Kier alpha value is -3.28. The van der Waals surface area contributed by atoms with E-state index in [0.29, 0.717) is 10.9 Å². The van der Waals surface area contributed by atoms with Crippen molar-refractivity contribution in [2.24, 2.45) is 0 Å². The van der Waals surface area contributed by atoms with Gasteiger partial charge in [0.1, 0.15) is 0 Å². The van der Waals surface area contributed by atoms with Crippen LogP contribution < -0.4 is 0 Å². The van der Waals surface area contributed by atoms with Gasteiger partial charge in [-0.3, -0.25) is 15.1 Å². The second-order valence-corrected chi connectivity index (χ2v) is 4.84. The Bertz CT molecular complexity index is 916. The maximum atomic E-state index is 12.6. The number of rotatable bonds is 1. The van der Waals surface area contributed by atoms with Crippen LogP contribution in [0.5, 0.6) is 0 Å². The van der Waals surface area contributed by atoms with Gasteiger partial charge >= 0.3 is 0 Å². The molecular weight excluding hydrogens is 297 g/mol. The molecule has 0 amide bonds. The number of non-ortho nitro benzene ring substituents is 1. The summed E-state index contributed by atoms with van der Waals surface area (Å²) in [5.74, 6) is -0.490. The van der Waals surface area contributed by atoms with Gasteiger partial charge in [0.05, 0.1) is 10.4 Å². The molecule has 0 atom stereocenters. The highest BCUT2D eigenvalue weighted by atomic mass is 19.1. The fourth-order valence-electron chi connectivity index (χ4n) is 2.21. The van der Waals surface area contributed by atoms with Gasteiger partial charge in [-0.05, 0) is 18.2 Å². The number of H-pyrrole nitrogens is 1. The molecule has 0 saturated heterocycles. The second kappa shape index (κ2) is 6.23. The van der Waals surface area contributed by atoms with Crippen molar-refractivity contribution in [1.82, 2.24) is 9.97 Å². The van der Waals surface area contributed by atoms with Crippen molar-refractivity contribution in [2.75, 3.05) is 0 Å². The SMILES string of the molecule is O=[N+]([O-])c1ccc2[nH]c(F)cc2c1.c1ccc2ncccc2c1. The molecule has 5 nitrogen and oxygen atoms in total. The zero-order valence-electron chi connectivity index (χ0n) is 11.9. The quantitative estimate of drug-likeness (QED) is 0.417. The molecule has 23 heavy (non-hydrogen) atoms. The van der Waals surface area contributed by atoms with Gasteiger partial charge in [0, 0.05) is 40.7 Å². The lowest BCUT2D eigenvalue weighted by Crippen LogP contribution is -1.86. The number of nitrogens with one attached hydrogen (secondary N) is 1. The Kier molecular flexibility index (Phi) is 3.97. The number of nitro groups is 1. The molecule has 2 aromatic carbocycles. The summed E-state index contributed by atoms with van der Waals surface area (Å²) >= 11 is 0. The van der Waals surface area contributed by atoms with Gasteiger partial charge in [0.25, 0.3) is 5.69 Å². The maximum absolute atomic E-state index is 12.6. The predicted octanol–water partition coefficient (Wildman–Crippen LogP) is 4.45. The lowest BCUT2D eigenvalue weighted by Gasteiger charge is -1.91. The van der Waals surface area contributed by atoms with Gasteiger partial charge in [0.2, 0.25) is 0 Å². The van der Waals surface area contributed by atoms with E-state index in [0.717, 1.165) is 5.52 Å². The number of fused-ring (bicyclic) bond motifs is 2. The van der Waals surface area contributed by atoms with E-state index in [-0.39, 0.29) is 5.69 Å². The third kappa shape index (κ3) is 3.32. The van der Waals surface area contributed by atoms with Crippen molar-refractivity contribution in [3.63, 3.8) is 0 Å². The molecule has 4 aromatic rings. The topological polar surface area (TPSA) is 71.8 Å². The first-order valence-corrected chi connectivity index (χ1v) is 6.86. The van der Waals surface area contributed by atoms with E-state index in [1.165, 1.54) is 29.7 Å². The highest BCUT2D eigenvalue weighted by molar-refractivity contribution is 5.81. The van der Waals surface area contributed by atoms with E-state index in [1.807, 2.05) is 30.5 Å². The van der Waals surface area contributed by atoms with Crippen molar-refractivity contribution in [2.45, 2.75) is 0 Å². The number of nitro benzene ring substituents is 1. The molecular formula is C17H12FN3O2. The zero-order valence-corrected chi connectivity index (χ0v) is 11.9. The van der Waals surface area contributed by atoms with Gasteiger partial charge in [-0.1, -0.05) is 24.3 Å². The molecule has 114 valence electrons. The van der Waals surface area contributed by atoms with Crippen molar-refractivity contribution in [3.8, 4) is 0 Å². The average molecular weight is 309 g/mol. The fourth-order valence-corrected chi connectivity index (χ4v) is 2.21. The standard InChI is InChI=1S/C9H7N.C8H5FN2O2/c1-2-6-9-8(4-1)5-3-7-10-9;9-8-4-5-3-6(11(12)13)1-2-7(5)10-8/h1-7H;1-4,10H. The summed E-state index contributed by atoms with van der Waals surface area (Å²) in [5.41, 5.74) is 1.58. The van der Waals surface area contributed by atoms with Crippen LogP contribution in [0.3, 0.4) is 0 Å². The monoisotopic (exact) mass is 309 g/mol. The first-order chi connectivity index (χ1) is 11.1. The summed E-state index contributed by atoms with van der Waals surface area (Å²) in [6.45, 7) is 0. The molecule has 0 bridgehead atoms. The van der Waals surface area contributed by atoms with Crippen molar-refractivity contribution in [1.29, 1.82) is 0 Å². The van der Waals surface area contributed by atoms with Crippen LogP contribution in [0.25, 0.3) is 21.8 Å². The molecule has 0 saturated carbocycles. The van der Waals surface area contributed by atoms with E-state index in [1.54, 1.807) is 0 Å². The number of nitrogens with zero attached hydrogens (tertiary/aromatic N) is 2. The van der Waals surface area contributed by atoms with Crippen molar-refractivity contribution >= 4 is 27.5 Å². The van der Waals surface area contributed by atoms with Gasteiger partial charge in [-0.25, -0.2) is 0 Å². The predicted molar refractivity (Wildman–Crippen MR) is 86.7 cm³/mol. The number of pyridine rings is 1. The Morgan fingerprint density at radius 1 is 1.00 bits per heavy atom. The van der Waals surface area contributed by atoms with E-state index in [2.05, 4.69) is 22.1 Å². The normalized spacial score (nSPS) is 10.3. The smallest absolute Gasteiger partial charge is 0.270 e. The Balaban J connectivity index is 0.000000140. The van der Waals surface area contributed by atoms with Gasteiger partial charge < -0.3 is 4.98 Å². The molecule has 6 heteroatoms. The summed E-state index contributed by atoms with van der Waals surface area (Å²) in [7, 11) is 0. The van der Waals surface area contributed by atoms with Crippen LogP contribution in [0.4, 0.5) is 10.1 Å². The van der Waals surface area contributed by atoms with Crippen LogP contribution in [0, 0.1) is 16.1 Å². The molecule has 1 N–H and O–H groups in total. The van der Waals surface area contributed by atoms with Gasteiger partial charge in [0.15, 0.2) is 5.95 Å². The average Bonchev–Trinajstić information content (AvgIpc) is 2.94. The summed E-state index contributed by atoms with van der Waals surface area (Å²) in [5, 5.41) is 12.1. The summed E-state index contributed by atoms with van der Waals surface area (Å²) in [6, 6.07) is 17.5. The maximum Gasteiger partial charge on any atom is 0.270 e. The molecule has 2 heterocycles. The van der Waals surface area contributed by atoms with Crippen LogP contribution in [0.2, 0.25) is 0 Å². The van der Waals surface area contributed by atoms with Crippen LogP contribution >= 0.6 is 0 Å². The molecule has 0 fully saturated rings. The highest BCUT2D eigenvalue weighted by Crippen LogP contribution is 2.20. The molecule has 0 aliphatic carbocycles. The Morgan fingerprint density at radius 3 is 2.57 bits per heavy atom. The fraction of sp³-hybridized carbons (Fsp3) is 0. The lowest BCUT2D eigenvalue weighted by molar-refractivity contribution is -0.384. The highest BCUT2D eigenvalue weighted by Gasteiger charge is 2.07. The number of hydrogen-bond acceptors (Lipinski definition) is 3. The Morgan fingerprint density at radius 2 is 1.78 bits per heavy atom. The van der Waals surface area contributed by atoms with E-state index >= 15 is 0 Å².